The Balaban J connectivity index is 2.62. The van der Waals surface area contributed by atoms with E-state index in [1.165, 1.54) is 4.90 Å². The van der Waals surface area contributed by atoms with E-state index >= 15 is 0 Å². The third-order valence-electron chi connectivity index (χ3n) is 5.62. The molecule has 2 rings (SSSR count). The van der Waals surface area contributed by atoms with E-state index in [0.717, 1.165) is 12.8 Å². The maximum atomic E-state index is 13.8. The van der Waals surface area contributed by atoms with E-state index < -0.39 is 0 Å². The Morgan fingerprint density at radius 2 is 1.88 bits per heavy atom. The van der Waals surface area contributed by atoms with Crippen molar-refractivity contribution in [2.24, 2.45) is 5.73 Å². The minimum Gasteiger partial charge on any atom is -0.482 e. The van der Waals surface area contributed by atoms with Gasteiger partial charge in [-0.05, 0) is 39.7 Å². The van der Waals surface area contributed by atoms with E-state index in [2.05, 4.69) is 0 Å². The summed E-state index contributed by atoms with van der Waals surface area (Å²) in [6.07, 6.45) is 1.62. The van der Waals surface area contributed by atoms with Crippen molar-refractivity contribution >= 4 is 34.3 Å². The smallest absolute Gasteiger partial charge is 0.272 e. The summed E-state index contributed by atoms with van der Waals surface area (Å²) >= 11 is 6.82. The summed E-state index contributed by atoms with van der Waals surface area (Å²) in [7, 11) is 5.02. The van der Waals surface area contributed by atoms with Crippen LogP contribution in [0.2, 0.25) is 5.02 Å². The summed E-state index contributed by atoms with van der Waals surface area (Å²) in [5.74, 6) is 0.180. The number of nitrogens with two attached hydrogens (primary N) is 1. The number of hydrogen-bond donors (Lipinski definition) is 1. The number of ether oxygens (including phenoxy) is 2. The lowest BCUT2D eigenvalue weighted by atomic mass is 10.2. The second-order valence-electron chi connectivity index (χ2n) is 8.63. The second kappa shape index (κ2) is 12.3. The summed E-state index contributed by atoms with van der Waals surface area (Å²) in [4.78, 5) is 29.1. The first-order chi connectivity index (χ1) is 15.6. The number of nitrogens with zero attached hydrogens (tertiary/aromatic N) is 3. The Morgan fingerprint density at radius 1 is 1.18 bits per heavy atom. The zero-order chi connectivity index (χ0) is 24.7. The Kier molecular flexibility index (Phi) is 10.0. The van der Waals surface area contributed by atoms with Gasteiger partial charge in [0.15, 0.2) is 6.61 Å². The third-order valence-corrected chi connectivity index (χ3v) is 6.01. The maximum absolute atomic E-state index is 13.8. The molecular formula is C24H37ClN4O4. The molecule has 0 spiro atoms. The topological polar surface area (TPSA) is 90.0 Å². The van der Waals surface area contributed by atoms with Crippen LogP contribution in [0.5, 0.6) is 5.75 Å². The minimum absolute atomic E-state index is 0.0551. The predicted octanol–water partition coefficient (Wildman–Crippen LogP) is 3.39. The number of rotatable bonds is 12. The van der Waals surface area contributed by atoms with Crippen LogP contribution in [-0.4, -0.2) is 79.2 Å². The number of hydrogen-bond acceptors (Lipinski definition) is 5. The Hall–Kier alpha value is -2.29. The monoisotopic (exact) mass is 480 g/mol. The molecule has 0 saturated heterocycles. The van der Waals surface area contributed by atoms with Gasteiger partial charge in [0.25, 0.3) is 11.8 Å². The number of aromatic nitrogens is 1. The number of fused-ring (bicyclic) bond motifs is 1. The fraction of sp³-hybridized carbons (Fsp3) is 0.583. The van der Waals surface area contributed by atoms with Crippen LogP contribution in [-0.2, 0) is 16.1 Å². The summed E-state index contributed by atoms with van der Waals surface area (Å²) < 4.78 is 13.0. The van der Waals surface area contributed by atoms with Crippen LogP contribution in [0.25, 0.3) is 10.9 Å². The maximum Gasteiger partial charge on any atom is 0.272 e. The highest BCUT2D eigenvalue weighted by Crippen LogP contribution is 2.37. The standard InChI is InChI=1S/C24H37ClN4O4/c1-16(2)29(17(3)14-26)24(31)23-21(25)18-10-9-11-19(33-15-20(30)27(4)5)22(18)28(23)12-7-8-13-32-6/h9-11,16-17H,7-8,12-15,26H2,1-6H3/t17-/m1/s1. The number of likely N-dealkylation sites (N-methyl/N-ethyl adjacent to an activating group) is 1. The molecule has 1 atom stereocenters. The normalized spacial score (nSPS) is 12.3. The third kappa shape index (κ3) is 6.19. The van der Waals surface area contributed by atoms with E-state index in [1.54, 1.807) is 32.2 Å². The van der Waals surface area contributed by atoms with Gasteiger partial charge < -0.3 is 29.6 Å². The number of halogens is 1. The van der Waals surface area contributed by atoms with Crippen LogP contribution in [0.15, 0.2) is 18.2 Å². The molecule has 2 aromatic rings. The van der Waals surface area contributed by atoms with Crippen molar-refractivity contribution in [3.05, 3.63) is 28.9 Å². The number of amides is 2. The number of methoxy groups -OCH3 is 1. The fourth-order valence-corrected chi connectivity index (χ4v) is 4.18. The lowest BCUT2D eigenvalue weighted by Crippen LogP contribution is -2.47. The van der Waals surface area contributed by atoms with Gasteiger partial charge in [0.05, 0.1) is 10.5 Å². The van der Waals surface area contributed by atoms with Gasteiger partial charge in [-0.15, -0.1) is 0 Å². The van der Waals surface area contributed by atoms with Gasteiger partial charge in [0, 0.05) is 58.4 Å². The summed E-state index contributed by atoms with van der Waals surface area (Å²) in [6.45, 7) is 7.27. The van der Waals surface area contributed by atoms with Gasteiger partial charge in [-0.1, -0.05) is 23.7 Å². The van der Waals surface area contributed by atoms with Crippen molar-refractivity contribution in [2.45, 2.75) is 52.2 Å². The number of benzene rings is 1. The molecule has 1 aromatic carbocycles. The highest BCUT2D eigenvalue weighted by atomic mass is 35.5. The van der Waals surface area contributed by atoms with Crippen molar-refractivity contribution in [3.8, 4) is 5.75 Å². The average Bonchev–Trinajstić information content (AvgIpc) is 3.06. The molecule has 8 nitrogen and oxygen atoms in total. The molecule has 0 unspecified atom stereocenters. The van der Waals surface area contributed by atoms with Crippen molar-refractivity contribution in [2.75, 3.05) is 41.0 Å². The van der Waals surface area contributed by atoms with E-state index in [9.17, 15) is 9.59 Å². The van der Waals surface area contributed by atoms with Crippen LogP contribution >= 0.6 is 11.6 Å². The molecule has 184 valence electrons. The highest BCUT2D eigenvalue weighted by Gasteiger charge is 2.31. The molecule has 2 N–H and O–H groups in total. The average molecular weight is 481 g/mol. The van der Waals surface area contributed by atoms with Crippen LogP contribution in [0, 0.1) is 0 Å². The van der Waals surface area contributed by atoms with Crippen LogP contribution in [0.4, 0.5) is 0 Å². The first-order valence-electron chi connectivity index (χ1n) is 11.3. The minimum atomic E-state index is -0.175. The number of carbonyl (C=O) groups excluding carboxylic acids is 2. The number of para-hydroxylation sites is 1. The molecule has 2 amide bonds. The SMILES string of the molecule is COCCCCn1c(C(=O)N(C(C)C)[C@H](C)CN)c(Cl)c2cccc(OCC(=O)N(C)C)c21. The molecule has 0 aliphatic heterocycles. The van der Waals surface area contributed by atoms with E-state index in [1.807, 2.05) is 37.5 Å². The molecule has 9 heteroatoms. The van der Waals surface area contributed by atoms with Gasteiger partial charge in [0.2, 0.25) is 0 Å². The molecular weight excluding hydrogens is 444 g/mol. The largest absolute Gasteiger partial charge is 0.482 e. The first kappa shape index (κ1) is 27.0. The van der Waals surface area contributed by atoms with Gasteiger partial charge in [-0.25, -0.2) is 0 Å². The molecule has 33 heavy (non-hydrogen) atoms. The number of aryl methyl sites for hydroxylation is 1. The van der Waals surface area contributed by atoms with Gasteiger partial charge in [0.1, 0.15) is 11.4 Å². The number of carbonyl (C=O) groups is 2. The summed E-state index contributed by atoms with van der Waals surface area (Å²) in [6, 6.07) is 5.27. The van der Waals surface area contributed by atoms with Crippen molar-refractivity contribution in [3.63, 3.8) is 0 Å². The van der Waals surface area contributed by atoms with Crippen LogP contribution in [0.1, 0.15) is 44.1 Å². The Bertz CT molecular complexity index is 958. The Morgan fingerprint density at radius 3 is 2.45 bits per heavy atom. The summed E-state index contributed by atoms with van der Waals surface area (Å²) in [5, 5.41) is 1.09. The lowest BCUT2D eigenvalue weighted by molar-refractivity contribution is -0.130. The quantitative estimate of drug-likeness (QED) is 0.470. The predicted molar refractivity (Wildman–Crippen MR) is 132 cm³/mol. The van der Waals surface area contributed by atoms with Gasteiger partial charge >= 0.3 is 0 Å². The van der Waals surface area contributed by atoms with E-state index in [-0.39, 0.29) is 30.5 Å². The molecule has 1 aromatic heterocycles. The molecule has 0 radical (unpaired) electrons. The van der Waals surface area contributed by atoms with Crippen molar-refractivity contribution < 1.29 is 19.1 Å². The molecule has 1 heterocycles. The number of unbranched alkanes of at least 4 members (excludes halogenated alkanes) is 1. The lowest BCUT2D eigenvalue weighted by Gasteiger charge is -2.32. The molecule has 0 aliphatic carbocycles. The van der Waals surface area contributed by atoms with Gasteiger partial charge in [-0.2, -0.15) is 0 Å². The second-order valence-corrected chi connectivity index (χ2v) is 9.01. The molecule has 0 saturated carbocycles. The van der Waals surface area contributed by atoms with Crippen molar-refractivity contribution in [1.82, 2.24) is 14.4 Å². The van der Waals surface area contributed by atoms with Crippen LogP contribution in [0.3, 0.4) is 0 Å². The van der Waals surface area contributed by atoms with Gasteiger partial charge in [-0.3, -0.25) is 9.59 Å². The highest BCUT2D eigenvalue weighted by molar-refractivity contribution is 6.39. The zero-order valence-corrected chi connectivity index (χ0v) is 21.3. The van der Waals surface area contributed by atoms with Crippen LogP contribution < -0.4 is 10.5 Å². The molecule has 0 aliphatic rings. The van der Waals surface area contributed by atoms with Crippen molar-refractivity contribution in [1.29, 1.82) is 0 Å². The first-order valence-corrected chi connectivity index (χ1v) is 11.7. The molecule has 0 bridgehead atoms. The van der Waals surface area contributed by atoms with E-state index in [4.69, 9.17) is 26.8 Å². The zero-order valence-electron chi connectivity index (χ0n) is 20.6. The Labute approximate surface area is 201 Å². The van der Waals surface area contributed by atoms with E-state index in [0.29, 0.717) is 47.1 Å². The fourth-order valence-electron chi connectivity index (χ4n) is 3.85. The molecule has 0 fully saturated rings. The summed E-state index contributed by atoms with van der Waals surface area (Å²) in [5.41, 5.74) is 7.02.